The highest BCUT2D eigenvalue weighted by Crippen LogP contribution is 2.22. The third kappa shape index (κ3) is 4.97. The van der Waals surface area contributed by atoms with E-state index in [1.165, 1.54) is 23.3 Å². The molecule has 2 rings (SSSR count). The zero-order valence-corrected chi connectivity index (χ0v) is 15.2. The Morgan fingerprint density at radius 1 is 1.16 bits per heavy atom. The first-order valence-corrected chi connectivity index (χ1v) is 8.24. The molecule has 0 spiro atoms. The molecular formula is C19H21ClN2O3. The van der Waals surface area contributed by atoms with Crippen molar-refractivity contribution in [2.75, 3.05) is 6.61 Å². The Hall–Kier alpha value is -2.53. The van der Waals surface area contributed by atoms with E-state index in [9.17, 15) is 9.59 Å². The molecule has 0 saturated heterocycles. The Kier molecular flexibility index (Phi) is 6.04. The van der Waals surface area contributed by atoms with Crippen molar-refractivity contribution in [1.82, 2.24) is 5.32 Å². The highest BCUT2D eigenvalue weighted by atomic mass is 35.5. The van der Waals surface area contributed by atoms with Gasteiger partial charge in [0.05, 0.1) is 11.6 Å². The zero-order chi connectivity index (χ0) is 18.6. The van der Waals surface area contributed by atoms with E-state index in [1.54, 1.807) is 6.07 Å². The van der Waals surface area contributed by atoms with Gasteiger partial charge in [-0.25, -0.2) is 0 Å². The van der Waals surface area contributed by atoms with E-state index in [0.717, 1.165) is 5.56 Å². The Bertz CT molecular complexity index is 805. The van der Waals surface area contributed by atoms with Crippen LogP contribution in [0.3, 0.4) is 0 Å². The lowest BCUT2D eigenvalue weighted by Gasteiger charge is -2.16. The second kappa shape index (κ2) is 8.03. The van der Waals surface area contributed by atoms with Gasteiger partial charge in [0.2, 0.25) is 0 Å². The zero-order valence-electron chi connectivity index (χ0n) is 14.4. The third-order valence-electron chi connectivity index (χ3n) is 3.97. The van der Waals surface area contributed by atoms with E-state index in [-0.39, 0.29) is 29.9 Å². The van der Waals surface area contributed by atoms with E-state index < -0.39 is 5.91 Å². The molecule has 3 N–H and O–H groups in total. The topological polar surface area (TPSA) is 81.4 Å². The number of ether oxygens (including phenoxy) is 1. The summed E-state index contributed by atoms with van der Waals surface area (Å²) < 4.78 is 5.42. The fourth-order valence-corrected chi connectivity index (χ4v) is 2.54. The van der Waals surface area contributed by atoms with Crippen LogP contribution < -0.4 is 15.8 Å². The molecule has 0 bridgehead atoms. The minimum absolute atomic E-state index is 0.141. The minimum atomic E-state index is -0.665. The molecule has 0 aromatic heterocycles. The first kappa shape index (κ1) is 18.8. The molecule has 1 unspecified atom stereocenters. The Morgan fingerprint density at radius 3 is 2.52 bits per heavy atom. The van der Waals surface area contributed by atoms with Crippen LogP contribution in [0.2, 0.25) is 5.02 Å². The van der Waals surface area contributed by atoms with Crippen molar-refractivity contribution < 1.29 is 14.3 Å². The molecule has 2 aromatic carbocycles. The molecule has 25 heavy (non-hydrogen) atoms. The molecule has 5 nitrogen and oxygen atoms in total. The molecular weight excluding hydrogens is 340 g/mol. The maximum Gasteiger partial charge on any atom is 0.258 e. The van der Waals surface area contributed by atoms with Crippen LogP contribution >= 0.6 is 11.6 Å². The maximum absolute atomic E-state index is 12.1. The Morgan fingerprint density at radius 2 is 1.88 bits per heavy atom. The molecule has 2 aromatic rings. The molecule has 132 valence electrons. The lowest BCUT2D eigenvalue weighted by Crippen LogP contribution is -2.31. The van der Waals surface area contributed by atoms with E-state index in [0.29, 0.717) is 5.02 Å². The number of nitrogens with two attached hydrogens (primary N) is 1. The number of amides is 2. The van der Waals surface area contributed by atoms with Crippen LogP contribution in [0.1, 0.15) is 40.0 Å². The SMILES string of the molecule is Cc1ccc(C(C)NC(=O)COc2ccc(Cl)cc2C(N)=O)cc1C. The number of primary amides is 1. The first-order chi connectivity index (χ1) is 11.8. The molecule has 0 radical (unpaired) electrons. The molecule has 0 heterocycles. The molecule has 0 fully saturated rings. The highest BCUT2D eigenvalue weighted by molar-refractivity contribution is 6.31. The fraction of sp³-hybridized carbons (Fsp3) is 0.263. The number of carbonyl (C=O) groups is 2. The average molecular weight is 361 g/mol. The van der Waals surface area contributed by atoms with Gasteiger partial charge in [0, 0.05) is 5.02 Å². The van der Waals surface area contributed by atoms with Gasteiger partial charge in [-0.3, -0.25) is 9.59 Å². The monoisotopic (exact) mass is 360 g/mol. The summed E-state index contributed by atoms with van der Waals surface area (Å²) in [6.07, 6.45) is 0. The number of nitrogens with one attached hydrogen (secondary N) is 1. The number of carbonyl (C=O) groups excluding carboxylic acids is 2. The summed E-state index contributed by atoms with van der Waals surface area (Å²) in [5.74, 6) is -0.733. The van der Waals surface area contributed by atoms with Crippen molar-refractivity contribution in [2.45, 2.75) is 26.8 Å². The Balaban J connectivity index is 1.99. The van der Waals surface area contributed by atoms with Gasteiger partial charge in [-0.2, -0.15) is 0 Å². The second-order valence-corrected chi connectivity index (χ2v) is 6.36. The molecule has 0 saturated carbocycles. The molecule has 1 atom stereocenters. The van der Waals surface area contributed by atoms with E-state index >= 15 is 0 Å². The third-order valence-corrected chi connectivity index (χ3v) is 4.21. The fourth-order valence-electron chi connectivity index (χ4n) is 2.36. The average Bonchev–Trinajstić information content (AvgIpc) is 2.55. The van der Waals surface area contributed by atoms with E-state index in [1.807, 2.05) is 39.0 Å². The van der Waals surface area contributed by atoms with Gasteiger partial charge < -0.3 is 15.8 Å². The van der Waals surface area contributed by atoms with Crippen LogP contribution in [0, 0.1) is 13.8 Å². The number of halogens is 1. The summed E-state index contributed by atoms with van der Waals surface area (Å²) in [5, 5.41) is 3.24. The van der Waals surface area contributed by atoms with Crippen molar-refractivity contribution >= 4 is 23.4 Å². The van der Waals surface area contributed by atoms with Crippen LogP contribution in [0.25, 0.3) is 0 Å². The van der Waals surface area contributed by atoms with Gasteiger partial charge in [0.25, 0.3) is 11.8 Å². The number of benzene rings is 2. The normalized spacial score (nSPS) is 11.7. The smallest absolute Gasteiger partial charge is 0.258 e. The molecule has 2 amide bonds. The standard InChI is InChI=1S/C19H21ClN2O3/c1-11-4-5-14(8-12(11)2)13(3)22-18(23)10-25-17-7-6-15(20)9-16(17)19(21)24/h4-9,13H,10H2,1-3H3,(H2,21,24)(H,22,23). The number of rotatable bonds is 6. The Labute approximate surface area is 152 Å². The lowest BCUT2D eigenvalue weighted by molar-refractivity contribution is -0.123. The summed E-state index contributed by atoms with van der Waals surface area (Å²) in [4.78, 5) is 23.5. The van der Waals surface area contributed by atoms with Crippen LogP contribution in [0.4, 0.5) is 0 Å². The van der Waals surface area contributed by atoms with Crippen molar-refractivity contribution in [3.8, 4) is 5.75 Å². The number of hydrogen-bond donors (Lipinski definition) is 2. The van der Waals surface area contributed by atoms with Crippen LogP contribution in [-0.4, -0.2) is 18.4 Å². The lowest BCUT2D eigenvalue weighted by atomic mass is 10.0. The van der Waals surface area contributed by atoms with Gasteiger partial charge in [-0.1, -0.05) is 29.8 Å². The maximum atomic E-state index is 12.1. The van der Waals surface area contributed by atoms with Crippen LogP contribution in [-0.2, 0) is 4.79 Å². The van der Waals surface area contributed by atoms with Crippen molar-refractivity contribution in [3.05, 3.63) is 63.7 Å². The number of aryl methyl sites for hydroxylation is 2. The van der Waals surface area contributed by atoms with E-state index in [4.69, 9.17) is 22.1 Å². The number of hydrogen-bond acceptors (Lipinski definition) is 3. The van der Waals surface area contributed by atoms with Gasteiger partial charge in [-0.15, -0.1) is 0 Å². The predicted octanol–water partition coefficient (Wildman–Crippen LogP) is 3.31. The predicted molar refractivity (Wildman–Crippen MR) is 97.9 cm³/mol. The van der Waals surface area contributed by atoms with Crippen molar-refractivity contribution in [3.63, 3.8) is 0 Å². The van der Waals surface area contributed by atoms with Gasteiger partial charge in [0.15, 0.2) is 6.61 Å². The van der Waals surface area contributed by atoms with Gasteiger partial charge in [0.1, 0.15) is 5.75 Å². The van der Waals surface area contributed by atoms with Gasteiger partial charge >= 0.3 is 0 Å². The van der Waals surface area contributed by atoms with Crippen molar-refractivity contribution in [1.29, 1.82) is 0 Å². The van der Waals surface area contributed by atoms with Crippen molar-refractivity contribution in [2.24, 2.45) is 5.73 Å². The molecule has 0 aliphatic rings. The molecule has 0 aliphatic carbocycles. The summed E-state index contributed by atoms with van der Waals surface area (Å²) in [5.41, 5.74) is 8.82. The van der Waals surface area contributed by atoms with Crippen LogP contribution in [0.5, 0.6) is 5.75 Å². The molecule has 6 heteroatoms. The van der Waals surface area contributed by atoms with Crippen LogP contribution in [0.15, 0.2) is 36.4 Å². The largest absolute Gasteiger partial charge is 0.483 e. The first-order valence-electron chi connectivity index (χ1n) is 7.86. The quantitative estimate of drug-likeness (QED) is 0.829. The highest BCUT2D eigenvalue weighted by Gasteiger charge is 2.14. The minimum Gasteiger partial charge on any atom is -0.483 e. The molecule has 0 aliphatic heterocycles. The second-order valence-electron chi connectivity index (χ2n) is 5.93. The summed E-state index contributed by atoms with van der Waals surface area (Å²) in [7, 11) is 0. The summed E-state index contributed by atoms with van der Waals surface area (Å²) in [6.45, 7) is 5.75. The van der Waals surface area contributed by atoms with Gasteiger partial charge in [-0.05, 0) is 55.7 Å². The summed E-state index contributed by atoms with van der Waals surface area (Å²) >= 11 is 5.84. The van der Waals surface area contributed by atoms with E-state index in [2.05, 4.69) is 5.32 Å². The summed E-state index contributed by atoms with van der Waals surface area (Å²) in [6, 6.07) is 10.4.